The highest BCUT2D eigenvalue weighted by molar-refractivity contribution is 7.19. The van der Waals surface area contributed by atoms with Crippen LogP contribution in [0.2, 0.25) is 0 Å². The Bertz CT molecular complexity index is 2020. The minimum Gasteiger partial charge on any atom is -0.361 e. The van der Waals surface area contributed by atoms with E-state index in [9.17, 15) is 0 Å². The van der Waals surface area contributed by atoms with Crippen LogP contribution in [0, 0.1) is 0 Å². The molecule has 2 aromatic heterocycles. The zero-order chi connectivity index (χ0) is 29.5. The van der Waals surface area contributed by atoms with Crippen LogP contribution in [0.5, 0.6) is 0 Å². The average Bonchev–Trinajstić information content (AvgIpc) is 3.68. The Labute approximate surface area is 258 Å². The van der Waals surface area contributed by atoms with Crippen LogP contribution in [0.4, 0.5) is 5.69 Å². The number of hydrogen-bond donors (Lipinski definition) is 0. The fourth-order valence-corrected chi connectivity index (χ4v) is 11.5. The van der Waals surface area contributed by atoms with Crippen LogP contribution >= 0.6 is 0 Å². The van der Waals surface area contributed by atoms with Gasteiger partial charge in [0.15, 0.2) is 0 Å². The molecule has 5 heteroatoms. The number of fused-ring (bicyclic) bond motifs is 3. The third-order valence-electron chi connectivity index (χ3n) is 8.87. The van der Waals surface area contributed by atoms with Gasteiger partial charge in [-0.2, -0.15) is 0 Å². The maximum Gasteiger partial charge on any atom is 0.201 e. The first-order valence-corrected chi connectivity index (χ1v) is 17.1. The van der Waals surface area contributed by atoms with Crippen molar-refractivity contribution < 1.29 is 0 Å². The van der Waals surface area contributed by atoms with Crippen LogP contribution in [-0.2, 0) is 0 Å². The number of hydrogen-bond acceptors (Lipinski definition) is 3. The van der Waals surface area contributed by atoms with Gasteiger partial charge in [-0.1, -0.05) is 103 Å². The largest absolute Gasteiger partial charge is 0.361 e. The molecule has 1 aliphatic heterocycles. The van der Waals surface area contributed by atoms with E-state index in [1.807, 2.05) is 12.3 Å². The second-order valence-corrected chi connectivity index (χ2v) is 15.2. The van der Waals surface area contributed by atoms with E-state index in [4.69, 9.17) is 4.98 Å². The van der Waals surface area contributed by atoms with Crippen molar-refractivity contribution in [2.75, 3.05) is 18.6 Å². The quantitative estimate of drug-likeness (QED) is 0.184. The van der Waals surface area contributed by atoms with Crippen molar-refractivity contribution >= 4 is 56.4 Å². The van der Waals surface area contributed by atoms with E-state index in [1.165, 1.54) is 43.1 Å². The zero-order valence-electron chi connectivity index (χ0n) is 24.6. The Morgan fingerprint density at radius 1 is 0.545 bits per heavy atom. The predicted octanol–water partition coefficient (Wildman–Crippen LogP) is 5.74. The van der Waals surface area contributed by atoms with Crippen LogP contribution in [0.3, 0.4) is 0 Å². The summed E-state index contributed by atoms with van der Waals surface area (Å²) in [5, 5.41) is 7.58. The number of rotatable bonds is 6. The molecule has 0 unspecified atom stereocenters. The van der Waals surface area contributed by atoms with Gasteiger partial charge < -0.3 is 14.4 Å². The summed E-state index contributed by atoms with van der Waals surface area (Å²) in [6.45, 7) is 0.840. The summed E-state index contributed by atoms with van der Waals surface area (Å²) in [4.78, 5) is 9.56. The number of aromatic nitrogens is 2. The summed E-state index contributed by atoms with van der Waals surface area (Å²) in [7, 11) is -0.674. The Hall–Kier alpha value is -5.39. The Kier molecular flexibility index (Phi) is 6.39. The summed E-state index contributed by atoms with van der Waals surface area (Å²) >= 11 is 0. The molecule has 4 nitrogen and oxygen atoms in total. The zero-order valence-corrected chi connectivity index (χ0v) is 25.6. The molecule has 0 saturated heterocycles. The van der Waals surface area contributed by atoms with E-state index in [0.717, 1.165) is 17.7 Å². The SMILES string of the molecule is CN1C=CN(c2cccc(-n3c4ccccc4c4ccc([Si](c5ccccc5)(c5ccccc5)c5ccccn5)cc43)c2)C1. The van der Waals surface area contributed by atoms with E-state index < -0.39 is 8.07 Å². The monoisotopic (exact) mass is 584 g/mol. The first kappa shape index (κ1) is 26.3. The lowest BCUT2D eigenvalue weighted by molar-refractivity contribution is 0.496. The molecule has 0 bridgehead atoms. The second-order valence-electron chi connectivity index (χ2n) is 11.5. The first-order chi connectivity index (χ1) is 21.7. The molecule has 0 aliphatic carbocycles. The smallest absolute Gasteiger partial charge is 0.201 e. The maximum atomic E-state index is 5.08. The van der Waals surface area contributed by atoms with Gasteiger partial charge in [0.2, 0.25) is 8.07 Å². The van der Waals surface area contributed by atoms with Gasteiger partial charge >= 0.3 is 0 Å². The number of para-hydroxylation sites is 1. The molecule has 8 rings (SSSR count). The molecule has 1 aliphatic rings. The minimum atomic E-state index is -2.78. The van der Waals surface area contributed by atoms with Crippen LogP contribution in [0.25, 0.3) is 27.5 Å². The Morgan fingerprint density at radius 3 is 1.93 bits per heavy atom. The Morgan fingerprint density at radius 2 is 1.23 bits per heavy atom. The van der Waals surface area contributed by atoms with Gasteiger partial charge in [-0.15, -0.1) is 0 Å². The summed E-state index contributed by atoms with van der Waals surface area (Å²) in [5.41, 5.74) is 4.74. The summed E-state index contributed by atoms with van der Waals surface area (Å²) in [6, 6.07) is 53.2. The summed E-state index contributed by atoms with van der Waals surface area (Å²) in [5.74, 6) is 0. The van der Waals surface area contributed by atoms with Crippen molar-refractivity contribution in [1.82, 2.24) is 14.5 Å². The number of anilines is 1. The summed E-state index contributed by atoms with van der Waals surface area (Å²) in [6.07, 6.45) is 6.21. The molecule has 44 heavy (non-hydrogen) atoms. The molecule has 3 heterocycles. The van der Waals surface area contributed by atoms with Gasteiger partial charge in [-0.05, 0) is 58.0 Å². The lowest BCUT2D eigenvalue weighted by Crippen LogP contribution is -2.75. The third-order valence-corrected chi connectivity index (χ3v) is 13.5. The lowest BCUT2D eigenvalue weighted by Gasteiger charge is -2.33. The molecule has 0 fully saturated rings. The first-order valence-electron chi connectivity index (χ1n) is 15.1. The molecule has 0 N–H and O–H groups in total. The second kappa shape index (κ2) is 10.7. The molecular weight excluding hydrogens is 553 g/mol. The van der Waals surface area contributed by atoms with E-state index >= 15 is 0 Å². The molecule has 0 atom stereocenters. The van der Waals surface area contributed by atoms with Crippen molar-refractivity contribution in [3.63, 3.8) is 0 Å². The van der Waals surface area contributed by atoms with Gasteiger partial charge in [0.05, 0.1) is 17.7 Å². The van der Waals surface area contributed by atoms with E-state index in [1.54, 1.807) is 0 Å². The van der Waals surface area contributed by atoms with Gasteiger partial charge in [-0.3, -0.25) is 4.98 Å². The van der Waals surface area contributed by atoms with Crippen molar-refractivity contribution in [1.29, 1.82) is 0 Å². The molecule has 5 aromatic carbocycles. The van der Waals surface area contributed by atoms with Crippen LogP contribution in [-0.4, -0.2) is 36.2 Å². The minimum absolute atomic E-state index is 0.840. The lowest BCUT2D eigenvalue weighted by atomic mass is 10.1. The fraction of sp³-hybridized carbons (Fsp3) is 0.0513. The molecule has 0 saturated carbocycles. The highest BCUT2D eigenvalue weighted by Gasteiger charge is 2.43. The maximum absolute atomic E-state index is 5.08. The van der Waals surface area contributed by atoms with Gasteiger partial charge in [0.25, 0.3) is 0 Å². The van der Waals surface area contributed by atoms with Crippen LogP contribution < -0.4 is 25.8 Å². The fourth-order valence-electron chi connectivity index (χ4n) is 6.89. The summed E-state index contributed by atoms with van der Waals surface area (Å²) < 4.78 is 2.44. The van der Waals surface area contributed by atoms with Crippen LogP contribution in [0.1, 0.15) is 0 Å². The normalized spacial score (nSPS) is 13.3. The molecular formula is C39H32N4Si. The van der Waals surface area contributed by atoms with E-state index in [0.29, 0.717) is 0 Å². The Balaban J connectivity index is 1.44. The van der Waals surface area contributed by atoms with Crippen molar-refractivity contribution in [3.8, 4) is 5.69 Å². The van der Waals surface area contributed by atoms with E-state index in [2.05, 4.69) is 173 Å². The molecule has 212 valence electrons. The number of pyridine rings is 1. The number of benzene rings is 5. The molecule has 0 spiro atoms. The van der Waals surface area contributed by atoms with E-state index in [-0.39, 0.29) is 0 Å². The average molecular weight is 585 g/mol. The molecule has 0 radical (unpaired) electrons. The number of nitrogens with zero attached hydrogens (tertiary/aromatic N) is 4. The van der Waals surface area contributed by atoms with Gasteiger partial charge in [-0.25, -0.2) is 0 Å². The molecule has 7 aromatic rings. The van der Waals surface area contributed by atoms with Gasteiger partial charge in [0, 0.05) is 53.1 Å². The third kappa shape index (κ3) is 4.16. The van der Waals surface area contributed by atoms with Gasteiger partial charge in [0.1, 0.15) is 0 Å². The highest BCUT2D eigenvalue weighted by atomic mass is 28.3. The molecule has 0 amide bonds. The van der Waals surface area contributed by atoms with Crippen LogP contribution in [0.15, 0.2) is 164 Å². The van der Waals surface area contributed by atoms with Crippen molar-refractivity contribution in [2.45, 2.75) is 0 Å². The standard InChI is InChI=1S/C39H32N4Si/c1-41-25-26-42(29-41)30-13-12-14-31(27-30)43-37-20-9-8-19-35(37)36-23-22-34(28-38(36)43)44(32-15-4-2-5-16-32,33-17-6-3-7-18-33)39-21-10-11-24-40-39/h2-28H,29H2,1H3. The van der Waals surface area contributed by atoms with Crippen molar-refractivity contribution in [3.05, 3.63) is 164 Å². The topological polar surface area (TPSA) is 24.3 Å². The highest BCUT2D eigenvalue weighted by Crippen LogP contribution is 2.33. The van der Waals surface area contributed by atoms with Crippen molar-refractivity contribution in [2.24, 2.45) is 0 Å². The predicted molar refractivity (Wildman–Crippen MR) is 186 cm³/mol.